The van der Waals surface area contributed by atoms with Crippen LogP contribution < -0.4 is 10.1 Å². The van der Waals surface area contributed by atoms with E-state index in [0.29, 0.717) is 0 Å². The van der Waals surface area contributed by atoms with E-state index in [1.165, 1.54) is 15.8 Å². The maximum Gasteiger partial charge on any atom is 0.120 e. The van der Waals surface area contributed by atoms with Crippen molar-refractivity contribution in [2.24, 2.45) is 0 Å². The van der Waals surface area contributed by atoms with Crippen molar-refractivity contribution >= 4 is 21.6 Å². The van der Waals surface area contributed by atoms with Crippen LogP contribution in [0.1, 0.15) is 22.2 Å². The lowest BCUT2D eigenvalue weighted by Gasteiger charge is -2.25. The van der Waals surface area contributed by atoms with Crippen molar-refractivity contribution in [3.8, 4) is 5.75 Å². The quantitative estimate of drug-likeness (QED) is 0.785. The molecular weight excluding hydrogens is 280 g/mol. The lowest BCUT2D eigenvalue weighted by molar-refractivity contribution is 0.415. The summed E-state index contributed by atoms with van der Waals surface area (Å²) in [6, 6.07) is 14.9. The fourth-order valence-corrected chi connectivity index (χ4v) is 3.99. The fraction of sp³-hybridized carbons (Fsp3) is 0.235. The second kappa shape index (κ2) is 5.13. The average molecular weight is 296 g/mol. The molecule has 3 aromatic rings. The number of nitrogens with one attached hydrogen (secondary N) is 1. The third-order valence-corrected chi connectivity index (χ3v) is 5.05. The molecule has 1 aliphatic rings. The number of hydrogen-bond donors (Lipinski definition) is 1. The molecule has 0 amide bonds. The molecule has 0 aliphatic carbocycles. The summed E-state index contributed by atoms with van der Waals surface area (Å²) in [5.41, 5.74) is 3.83. The zero-order chi connectivity index (χ0) is 14.2. The standard InChI is InChI=1S/C17H16N2OS/c1-20-12-6-7-14-15(10-12)21-17(19-14)16-13-5-3-2-4-11(13)8-9-18-16/h2-7,10,16,18H,8-9H2,1H3. The molecule has 2 heterocycles. The van der Waals surface area contributed by atoms with Crippen LogP contribution in [0.25, 0.3) is 10.2 Å². The van der Waals surface area contributed by atoms with Gasteiger partial charge in [-0.3, -0.25) is 0 Å². The fourth-order valence-electron chi connectivity index (χ4n) is 2.90. The smallest absolute Gasteiger partial charge is 0.120 e. The maximum absolute atomic E-state index is 5.30. The molecule has 4 rings (SSSR count). The molecule has 2 aromatic carbocycles. The minimum Gasteiger partial charge on any atom is -0.497 e. The molecule has 3 nitrogen and oxygen atoms in total. The van der Waals surface area contributed by atoms with E-state index >= 15 is 0 Å². The van der Waals surface area contributed by atoms with Crippen molar-refractivity contribution in [1.29, 1.82) is 0 Å². The first-order chi connectivity index (χ1) is 10.3. The Labute approximate surface area is 127 Å². The van der Waals surface area contributed by atoms with Gasteiger partial charge >= 0.3 is 0 Å². The van der Waals surface area contributed by atoms with Crippen molar-refractivity contribution in [2.75, 3.05) is 13.7 Å². The molecule has 0 radical (unpaired) electrons. The van der Waals surface area contributed by atoms with Gasteiger partial charge in [-0.05, 0) is 35.7 Å². The molecule has 4 heteroatoms. The zero-order valence-corrected chi connectivity index (χ0v) is 12.6. The van der Waals surface area contributed by atoms with Crippen LogP contribution in [0.4, 0.5) is 0 Å². The molecule has 1 aromatic heterocycles. The van der Waals surface area contributed by atoms with Gasteiger partial charge in [-0.25, -0.2) is 4.98 Å². The van der Waals surface area contributed by atoms with Crippen LogP contribution in [0.15, 0.2) is 42.5 Å². The predicted molar refractivity (Wildman–Crippen MR) is 86.2 cm³/mol. The SMILES string of the molecule is COc1ccc2nc(C3NCCc4ccccc43)sc2c1. The van der Waals surface area contributed by atoms with Crippen LogP contribution in [0.3, 0.4) is 0 Å². The molecule has 0 saturated heterocycles. The Morgan fingerprint density at radius 1 is 1.24 bits per heavy atom. The maximum atomic E-state index is 5.30. The molecule has 106 valence electrons. The van der Waals surface area contributed by atoms with Gasteiger partial charge in [0.25, 0.3) is 0 Å². The lowest BCUT2D eigenvalue weighted by atomic mass is 9.95. The van der Waals surface area contributed by atoms with E-state index in [4.69, 9.17) is 9.72 Å². The summed E-state index contributed by atoms with van der Waals surface area (Å²) < 4.78 is 6.47. The first-order valence-electron chi connectivity index (χ1n) is 7.11. The number of methoxy groups -OCH3 is 1. The molecule has 21 heavy (non-hydrogen) atoms. The summed E-state index contributed by atoms with van der Waals surface area (Å²) in [5.74, 6) is 0.884. The highest BCUT2D eigenvalue weighted by Crippen LogP contribution is 2.34. The van der Waals surface area contributed by atoms with Gasteiger partial charge in [0.2, 0.25) is 0 Å². The number of rotatable bonds is 2. The van der Waals surface area contributed by atoms with E-state index in [1.807, 2.05) is 12.1 Å². The van der Waals surface area contributed by atoms with Crippen LogP contribution >= 0.6 is 11.3 Å². The first-order valence-corrected chi connectivity index (χ1v) is 7.92. The molecule has 0 bridgehead atoms. The lowest BCUT2D eigenvalue weighted by Crippen LogP contribution is -2.30. The third kappa shape index (κ3) is 2.20. The highest BCUT2D eigenvalue weighted by atomic mass is 32.1. The van der Waals surface area contributed by atoms with Gasteiger partial charge in [0.15, 0.2) is 0 Å². The minimum atomic E-state index is 0.207. The number of thiazole rings is 1. The summed E-state index contributed by atoms with van der Waals surface area (Å²) in [5, 5.41) is 4.73. The van der Waals surface area contributed by atoms with E-state index in [2.05, 4.69) is 35.6 Å². The molecule has 1 atom stereocenters. The third-order valence-electron chi connectivity index (χ3n) is 3.97. The molecule has 0 saturated carbocycles. The number of nitrogens with zero attached hydrogens (tertiary/aromatic N) is 1. The highest BCUT2D eigenvalue weighted by Gasteiger charge is 2.23. The Hall–Kier alpha value is -1.91. The van der Waals surface area contributed by atoms with Crippen LogP contribution in [-0.4, -0.2) is 18.6 Å². The Bertz CT molecular complexity index is 796. The van der Waals surface area contributed by atoms with Gasteiger partial charge in [-0.1, -0.05) is 24.3 Å². The van der Waals surface area contributed by atoms with Gasteiger partial charge in [-0.2, -0.15) is 0 Å². The van der Waals surface area contributed by atoms with Gasteiger partial charge in [0, 0.05) is 6.54 Å². The van der Waals surface area contributed by atoms with E-state index in [-0.39, 0.29) is 6.04 Å². The zero-order valence-electron chi connectivity index (χ0n) is 11.8. The van der Waals surface area contributed by atoms with E-state index in [0.717, 1.165) is 29.2 Å². The number of fused-ring (bicyclic) bond motifs is 2. The average Bonchev–Trinajstić information content (AvgIpc) is 2.97. The van der Waals surface area contributed by atoms with Gasteiger partial charge in [-0.15, -0.1) is 11.3 Å². The van der Waals surface area contributed by atoms with Gasteiger partial charge in [0.05, 0.1) is 23.4 Å². The molecule has 1 aliphatic heterocycles. The summed E-state index contributed by atoms with van der Waals surface area (Å²) in [6.45, 7) is 1.00. The van der Waals surface area contributed by atoms with Crippen molar-refractivity contribution in [3.63, 3.8) is 0 Å². The Balaban J connectivity index is 1.80. The Morgan fingerprint density at radius 2 is 2.14 bits per heavy atom. The number of aromatic nitrogens is 1. The van der Waals surface area contributed by atoms with Crippen molar-refractivity contribution in [2.45, 2.75) is 12.5 Å². The Kier molecular flexibility index (Phi) is 3.13. The van der Waals surface area contributed by atoms with E-state index in [9.17, 15) is 0 Å². The number of benzene rings is 2. The normalized spacial score (nSPS) is 17.7. The summed E-state index contributed by atoms with van der Waals surface area (Å²) >= 11 is 1.74. The van der Waals surface area contributed by atoms with Crippen molar-refractivity contribution < 1.29 is 4.74 Å². The summed E-state index contributed by atoms with van der Waals surface area (Å²) in [7, 11) is 1.70. The van der Waals surface area contributed by atoms with Gasteiger partial charge < -0.3 is 10.1 Å². The predicted octanol–water partition coefficient (Wildman–Crippen LogP) is 3.54. The second-order valence-corrected chi connectivity index (χ2v) is 6.28. The van der Waals surface area contributed by atoms with Crippen LogP contribution in [0, 0.1) is 0 Å². The topological polar surface area (TPSA) is 34.1 Å². The molecule has 1 N–H and O–H groups in total. The number of hydrogen-bond acceptors (Lipinski definition) is 4. The van der Waals surface area contributed by atoms with E-state index in [1.54, 1.807) is 18.4 Å². The monoisotopic (exact) mass is 296 g/mol. The molecular formula is C17H16N2OS. The largest absolute Gasteiger partial charge is 0.497 e. The van der Waals surface area contributed by atoms with E-state index < -0.39 is 0 Å². The Morgan fingerprint density at radius 3 is 3.05 bits per heavy atom. The van der Waals surface area contributed by atoms with Crippen molar-refractivity contribution in [3.05, 3.63) is 58.6 Å². The van der Waals surface area contributed by atoms with Crippen LogP contribution in [-0.2, 0) is 6.42 Å². The molecule has 1 unspecified atom stereocenters. The second-order valence-electron chi connectivity index (χ2n) is 5.22. The molecule has 0 fully saturated rings. The first kappa shape index (κ1) is 12.8. The van der Waals surface area contributed by atoms with Gasteiger partial charge in [0.1, 0.15) is 10.8 Å². The summed E-state index contributed by atoms with van der Waals surface area (Å²) in [6.07, 6.45) is 1.09. The molecule has 0 spiro atoms. The highest BCUT2D eigenvalue weighted by molar-refractivity contribution is 7.18. The number of ether oxygens (including phenoxy) is 1. The van der Waals surface area contributed by atoms with Crippen LogP contribution in [0.5, 0.6) is 5.75 Å². The minimum absolute atomic E-state index is 0.207. The van der Waals surface area contributed by atoms with Crippen molar-refractivity contribution in [1.82, 2.24) is 10.3 Å². The van der Waals surface area contributed by atoms with Crippen LogP contribution in [0.2, 0.25) is 0 Å². The summed E-state index contributed by atoms with van der Waals surface area (Å²) in [4.78, 5) is 4.81.